The Bertz CT molecular complexity index is 218. The van der Waals surface area contributed by atoms with Crippen molar-refractivity contribution in [2.45, 2.75) is 26.2 Å². The molecule has 2 aliphatic carbocycles. The molecular weight excluding hydrogens is 176 g/mol. The van der Waals surface area contributed by atoms with Crippen molar-refractivity contribution in [2.24, 2.45) is 11.8 Å². The summed E-state index contributed by atoms with van der Waals surface area (Å²) in [5.41, 5.74) is 0. The summed E-state index contributed by atoms with van der Waals surface area (Å²) in [4.78, 5) is 9.93. The molecule has 2 atom stereocenters. The lowest BCUT2D eigenvalue weighted by Crippen LogP contribution is -1.96. The van der Waals surface area contributed by atoms with Crippen molar-refractivity contribution < 1.29 is 9.53 Å². The standard InChI is InChI=1S/C7H10.C5H8O2/c1-2-7-4-3-6(1)5-7;1-3-4-7-5(2)6/h1-2,6-7H,3-5H2;3H,1,4H2,2H3. The van der Waals surface area contributed by atoms with Crippen LogP contribution in [0.2, 0.25) is 0 Å². The number of allylic oxidation sites excluding steroid dienone is 2. The summed E-state index contributed by atoms with van der Waals surface area (Å²) in [5.74, 6) is 1.72. The van der Waals surface area contributed by atoms with Gasteiger partial charge < -0.3 is 4.74 Å². The van der Waals surface area contributed by atoms with E-state index in [1.165, 1.54) is 32.3 Å². The monoisotopic (exact) mass is 194 g/mol. The van der Waals surface area contributed by atoms with Gasteiger partial charge in [-0.1, -0.05) is 24.8 Å². The number of rotatable bonds is 2. The molecule has 0 N–H and O–H groups in total. The summed E-state index contributed by atoms with van der Waals surface area (Å²) in [6.07, 6.45) is 10.7. The number of ether oxygens (including phenoxy) is 1. The lowest BCUT2D eigenvalue weighted by molar-refractivity contribution is -0.139. The summed E-state index contributed by atoms with van der Waals surface area (Å²) in [6.45, 7) is 5.03. The fourth-order valence-electron chi connectivity index (χ4n) is 1.89. The summed E-state index contributed by atoms with van der Waals surface area (Å²) in [7, 11) is 0. The molecule has 0 spiro atoms. The van der Waals surface area contributed by atoms with Gasteiger partial charge in [0.05, 0.1) is 0 Å². The van der Waals surface area contributed by atoms with Crippen molar-refractivity contribution in [2.75, 3.05) is 6.61 Å². The van der Waals surface area contributed by atoms with Crippen LogP contribution in [0.25, 0.3) is 0 Å². The van der Waals surface area contributed by atoms with Gasteiger partial charge in [-0.05, 0) is 31.1 Å². The maximum absolute atomic E-state index is 9.93. The molecule has 1 fully saturated rings. The number of carbonyl (C=O) groups is 1. The average molecular weight is 194 g/mol. The summed E-state index contributed by atoms with van der Waals surface area (Å²) < 4.78 is 4.43. The van der Waals surface area contributed by atoms with E-state index in [4.69, 9.17) is 0 Å². The highest BCUT2D eigenvalue weighted by molar-refractivity contribution is 5.65. The molecule has 2 unspecified atom stereocenters. The summed E-state index contributed by atoms with van der Waals surface area (Å²) >= 11 is 0. The molecule has 2 nitrogen and oxygen atoms in total. The minimum Gasteiger partial charge on any atom is -0.462 e. The third-order valence-electron chi connectivity index (χ3n) is 2.57. The average Bonchev–Trinajstić information content (AvgIpc) is 2.79. The van der Waals surface area contributed by atoms with Crippen LogP contribution >= 0.6 is 0 Å². The lowest BCUT2D eigenvalue weighted by atomic mass is 10.1. The SMILES string of the molecule is C1=CC2CCC1C2.C=CCOC(C)=O. The first-order valence-corrected chi connectivity index (χ1v) is 5.15. The van der Waals surface area contributed by atoms with E-state index in [0.29, 0.717) is 6.61 Å². The second kappa shape index (κ2) is 5.63. The van der Waals surface area contributed by atoms with Crippen LogP contribution in [0.4, 0.5) is 0 Å². The third-order valence-corrected chi connectivity index (χ3v) is 2.57. The molecule has 14 heavy (non-hydrogen) atoms. The van der Waals surface area contributed by atoms with Crippen molar-refractivity contribution in [3.63, 3.8) is 0 Å². The van der Waals surface area contributed by atoms with Gasteiger partial charge in [0.25, 0.3) is 0 Å². The van der Waals surface area contributed by atoms with E-state index in [-0.39, 0.29) is 5.97 Å². The highest BCUT2D eigenvalue weighted by atomic mass is 16.5. The van der Waals surface area contributed by atoms with Crippen LogP contribution in [-0.2, 0) is 9.53 Å². The second-order valence-electron chi connectivity index (χ2n) is 3.81. The smallest absolute Gasteiger partial charge is 0.302 e. The molecule has 0 aliphatic heterocycles. The Kier molecular flexibility index (Phi) is 4.44. The molecule has 0 aromatic heterocycles. The zero-order valence-corrected chi connectivity index (χ0v) is 8.74. The topological polar surface area (TPSA) is 26.3 Å². The lowest BCUT2D eigenvalue weighted by Gasteiger charge is -1.96. The van der Waals surface area contributed by atoms with Crippen LogP contribution in [-0.4, -0.2) is 12.6 Å². The van der Waals surface area contributed by atoms with Crippen molar-refractivity contribution in [3.05, 3.63) is 24.8 Å². The van der Waals surface area contributed by atoms with E-state index < -0.39 is 0 Å². The molecule has 2 aliphatic rings. The number of esters is 1. The second-order valence-corrected chi connectivity index (χ2v) is 3.81. The van der Waals surface area contributed by atoms with Gasteiger partial charge in [-0.15, -0.1) is 0 Å². The van der Waals surface area contributed by atoms with Gasteiger partial charge in [0.1, 0.15) is 6.61 Å². The van der Waals surface area contributed by atoms with E-state index in [0.717, 1.165) is 11.8 Å². The molecule has 0 radical (unpaired) electrons. The Balaban J connectivity index is 0.000000140. The van der Waals surface area contributed by atoms with Crippen molar-refractivity contribution >= 4 is 5.97 Å². The molecule has 2 rings (SSSR count). The molecule has 2 heteroatoms. The molecule has 0 saturated heterocycles. The van der Waals surface area contributed by atoms with E-state index in [9.17, 15) is 4.79 Å². The Morgan fingerprint density at radius 1 is 1.50 bits per heavy atom. The number of hydrogen-bond donors (Lipinski definition) is 0. The summed E-state index contributed by atoms with van der Waals surface area (Å²) in [6, 6.07) is 0. The van der Waals surface area contributed by atoms with Gasteiger partial charge in [0, 0.05) is 6.92 Å². The largest absolute Gasteiger partial charge is 0.462 e. The fourth-order valence-corrected chi connectivity index (χ4v) is 1.89. The van der Waals surface area contributed by atoms with Crippen molar-refractivity contribution in [1.29, 1.82) is 0 Å². The van der Waals surface area contributed by atoms with Gasteiger partial charge >= 0.3 is 5.97 Å². The Morgan fingerprint density at radius 3 is 2.21 bits per heavy atom. The third kappa shape index (κ3) is 3.77. The van der Waals surface area contributed by atoms with Crippen LogP contribution in [0.15, 0.2) is 24.8 Å². The number of hydrogen-bond acceptors (Lipinski definition) is 2. The van der Waals surface area contributed by atoms with Crippen LogP contribution in [0.3, 0.4) is 0 Å². The zero-order chi connectivity index (χ0) is 10.4. The zero-order valence-electron chi connectivity index (χ0n) is 8.74. The molecule has 0 aromatic rings. The van der Waals surface area contributed by atoms with Crippen molar-refractivity contribution in [3.8, 4) is 0 Å². The summed E-state index contributed by atoms with van der Waals surface area (Å²) in [5, 5.41) is 0. The molecule has 0 heterocycles. The molecule has 1 saturated carbocycles. The van der Waals surface area contributed by atoms with E-state index >= 15 is 0 Å². The van der Waals surface area contributed by atoms with Gasteiger partial charge in [0.2, 0.25) is 0 Å². The number of carbonyl (C=O) groups excluding carboxylic acids is 1. The predicted octanol–water partition coefficient (Wildman–Crippen LogP) is 2.71. The first-order chi connectivity index (χ1) is 6.72. The van der Waals surface area contributed by atoms with Crippen LogP contribution in [0.5, 0.6) is 0 Å². The van der Waals surface area contributed by atoms with Gasteiger partial charge in [-0.3, -0.25) is 4.79 Å². The predicted molar refractivity (Wildman–Crippen MR) is 56.8 cm³/mol. The highest BCUT2D eigenvalue weighted by Gasteiger charge is 2.25. The Morgan fingerprint density at radius 2 is 2.07 bits per heavy atom. The Hall–Kier alpha value is -1.05. The quantitative estimate of drug-likeness (QED) is 0.499. The van der Waals surface area contributed by atoms with E-state index in [1.54, 1.807) is 0 Å². The van der Waals surface area contributed by atoms with Crippen LogP contribution < -0.4 is 0 Å². The first kappa shape index (κ1) is 11.0. The Labute approximate surface area is 85.6 Å². The van der Waals surface area contributed by atoms with E-state index in [1.807, 2.05) is 0 Å². The number of fused-ring (bicyclic) bond motifs is 2. The van der Waals surface area contributed by atoms with Gasteiger partial charge in [-0.25, -0.2) is 0 Å². The molecular formula is C12H18O2. The van der Waals surface area contributed by atoms with Crippen molar-refractivity contribution in [1.82, 2.24) is 0 Å². The van der Waals surface area contributed by atoms with Gasteiger partial charge in [0.15, 0.2) is 0 Å². The molecule has 0 aromatic carbocycles. The maximum atomic E-state index is 9.93. The minimum atomic E-state index is -0.264. The highest BCUT2D eigenvalue weighted by Crippen LogP contribution is 2.38. The minimum absolute atomic E-state index is 0.264. The maximum Gasteiger partial charge on any atom is 0.302 e. The fraction of sp³-hybridized carbons (Fsp3) is 0.583. The van der Waals surface area contributed by atoms with Gasteiger partial charge in [-0.2, -0.15) is 0 Å². The van der Waals surface area contributed by atoms with Crippen LogP contribution in [0, 0.1) is 11.8 Å². The first-order valence-electron chi connectivity index (χ1n) is 5.15. The normalized spacial score (nSPS) is 26.6. The van der Waals surface area contributed by atoms with Crippen LogP contribution in [0.1, 0.15) is 26.2 Å². The van der Waals surface area contributed by atoms with E-state index in [2.05, 4.69) is 23.5 Å². The molecule has 78 valence electrons. The molecule has 2 bridgehead atoms. The molecule has 0 amide bonds.